The highest BCUT2D eigenvalue weighted by Crippen LogP contribution is 2.21. The number of benzene rings is 2. The number of ether oxygens (including phenoxy) is 2. The van der Waals surface area contributed by atoms with E-state index in [4.69, 9.17) is 9.47 Å². The summed E-state index contributed by atoms with van der Waals surface area (Å²) in [5, 5.41) is 2.86. The maximum atomic E-state index is 12.2. The number of hydrogen-bond donors (Lipinski definition) is 1. The average Bonchev–Trinajstić information content (AvgIpc) is 2.55. The first kappa shape index (κ1) is 16.2. The number of anilines is 1. The molecule has 0 saturated heterocycles. The molecule has 5 heteroatoms. The van der Waals surface area contributed by atoms with Gasteiger partial charge >= 0.3 is 0 Å². The first-order valence-electron chi connectivity index (χ1n) is 6.88. The molecule has 0 aliphatic carbocycles. The quantitative estimate of drug-likeness (QED) is 0.823. The van der Waals surface area contributed by atoms with E-state index in [1.54, 1.807) is 37.9 Å². The molecule has 2 aromatic carbocycles. The van der Waals surface area contributed by atoms with Crippen LogP contribution in [0.25, 0.3) is 0 Å². The lowest BCUT2D eigenvalue weighted by Gasteiger charge is -2.15. The molecule has 0 radical (unpaired) electrons. The van der Waals surface area contributed by atoms with Crippen molar-refractivity contribution in [3.63, 3.8) is 0 Å². The lowest BCUT2D eigenvalue weighted by molar-refractivity contribution is -0.122. The maximum absolute atomic E-state index is 12.2. The van der Waals surface area contributed by atoms with Crippen molar-refractivity contribution < 1.29 is 14.3 Å². The summed E-state index contributed by atoms with van der Waals surface area (Å²) in [5.74, 6) is 1.10. The molecule has 0 fully saturated rings. The van der Waals surface area contributed by atoms with Crippen LogP contribution in [0.3, 0.4) is 0 Å². The van der Waals surface area contributed by atoms with E-state index >= 15 is 0 Å². The van der Waals surface area contributed by atoms with Crippen LogP contribution in [0.4, 0.5) is 5.69 Å². The van der Waals surface area contributed by atoms with Crippen molar-refractivity contribution in [1.82, 2.24) is 0 Å². The number of nitrogens with one attached hydrogen (secondary N) is 1. The van der Waals surface area contributed by atoms with Crippen LogP contribution in [0.5, 0.6) is 11.5 Å². The second-order valence-electron chi connectivity index (χ2n) is 4.66. The van der Waals surface area contributed by atoms with Crippen LogP contribution in [0, 0.1) is 0 Å². The minimum atomic E-state index is -0.606. The molecular weight excluding hydrogens is 298 g/mol. The van der Waals surface area contributed by atoms with E-state index in [-0.39, 0.29) is 5.91 Å². The summed E-state index contributed by atoms with van der Waals surface area (Å²) in [7, 11) is 1.59. The van der Waals surface area contributed by atoms with Crippen molar-refractivity contribution in [2.45, 2.75) is 17.9 Å². The molecular formula is C17H19NO3S. The van der Waals surface area contributed by atoms with Gasteiger partial charge < -0.3 is 14.8 Å². The number of carbonyl (C=O) groups is 1. The molecule has 1 unspecified atom stereocenters. The van der Waals surface area contributed by atoms with Gasteiger partial charge in [0.25, 0.3) is 5.91 Å². The van der Waals surface area contributed by atoms with Gasteiger partial charge in [-0.3, -0.25) is 4.79 Å². The van der Waals surface area contributed by atoms with Crippen molar-refractivity contribution in [3.05, 3.63) is 48.5 Å². The fraction of sp³-hybridized carbons (Fsp3) is 0.235. The Labute approximate surface area is 134 Å². The second kappa shape index (κ2) is 7.75. The van der Waals surface area contributed by atoms with Crippen LogP contribution < -0.4 is 14.8 Å². The van der Waals surface area contributed by atoms with Crippen molar-refractivity contribution in [3.8, 4) is 11.5 Å². The number of thioether (sulfide) groups is 1. The summed E-state index contributed by atoms with van der Waals surface area (Å²) in [6.45, 7) is 1.72. The van der Waals surface area contributed by atoms with Gasteiger partial charge in [0.15, 0.2) is 6.10 Å². The Hall–Kier alpha value is -2.14. The molecule has 22 heavy (non-hydrogen) atoms. The minimum absolute atomic E-state index is 0.193. The molecule has 0 heterocycles. The van der Waals surface area contributed by atoms with Crippen LogP contribution >= 0.6 is 11.8 Å². The third kappa shape index (κ3) is 4.43. The van der Waals surface area contributed by atoms with Gasteiger partial charge in [-0.15, -0.1) is 11.8 Å². The molecule has 1 N–H and O–H groups in total. The summed E-state index contributed by atoms with van der Waals surface area (Å²) in [5.41, 5.74) is 0.762. The third-order valence-corrected chi connectivity index (χ3v) is 3.79. The minimum Gasteiger partial charge on any atom is -0.497 e. The highest BCUT2D eigenvalue weighted by Gasteiger charge is 2.15. The molecule has 2 rings (SSSR count). The summed E-state index contributed by atoms with van der Waals surface area (Å²) in [6, 6.07) is 14.9. The third-order valence-electron chi connectivity index (χ3n) is 3.06. The van der Waals surface area contributed by atoms with Crippen LogP contribution in [0.2, 0.25) is 0 Å². The van der Waals surface area contributed by atoms with E-state index < -0.39 is 6.10 Å². The van der Waals surface area contributed by atoms with E-state index in [0.29, 0.717) is 11.5 Å². The lowest BCUT2D eigenvalue weighted by Crippen LogP contribution is -2.30. The Morgan fingerprint density at radius 3 is 2.59 bits per heavy atom. The Morgan fingerprint density at radius 1 is 1.14 bits per heavy atom. The summed E-state index contributed by atoms with van der Waals surface area (Å²) >= 11 is 1.63. The first-order valence-corrected chi connectivity index (χ1v) is 8.10. The Morgan fingerprint density at radius 2 is 1.86 bits per heavy atom. The number of hydrogen-bond acceptors (Lipinski definition) is 4. The van der Waals surface area contributed by atoms with Crippen molar-refractivity contribution in [1.29, 1.82) is 0 Å². The zero-order valence-corrected chi connectivity index (χ0v) is 13.6. The summed E-state index contributed by atoms with van der Waals surface area (Å²) in [6.07, 6.45) is 1.39. The number of rotatable bonds is 6. The summed E-state index contributed by atoms with van der Waals surface area (Å²) < 4.78 is 10.8. The van der Waals surface area contributed by atoms with Crippen LogP contribution in [0.1, 0.15) is 6.92 Å². The molecule has 0 aliphatic heterocycles. The molecule has 1 amide bonds. The first-order chi connectivity index (χ1) is 10.6. The Bertz CT molecular complexity index is 645. The van der Waals surface area contributed by atoms with Gasteiger partial charge in [0.2, 0.25) is 0 Å². The monoisotopic (exact) mass is 317 g/mol. The molecule has 1 atom stereocenters. The highest BCUT2D eigenvalue weighted by atomic mass is 32.2. The maximum Gasteiger partial charge on any atom is 0.265 e. The topological polar surface area (TPSA) is 47.6 Å². The molecule has 0 bridgehead atoms. The standard InChI is InChI=1S/C17H19NO3S/c1-12(21-15-8-5-7-14(11-15)20-2)17(19)18-13-6-4-9-16(10-13)22-3/h4-12H,1-3H3,(H,18,19). The van der Waals surface area contributed by atoms with Crippen LogP contribution in [-0.4, -0.2) is 25.4 Å². The highest BCUT2D eigenvalue weighted by molar-refractivity contribution is 7.98. The Balaban J connectivity index is 1.99. The number of amides is 1. The Kier molecular flexibility index (Phi) is 5.72. The van der Waals surface area contributed by atoms with Crippen LogP contribution in [-0.2, 0) is 4.79 Å². The normalized spacial score (nSPS) is 11.6. The van der Waals surface area contributed by atoms with Gasteiger partial charge in [-0.25, -0.2) is 0 Å². The fourth-order valence-corrected chi connectivity index (χ4v) is 2.34. The fourth-order valence-electron chi connectivity index (χ4n) is 1.88. The van der Waals surface area contributed by atoms with Gasteiger partial charge in [-0.05, 0) is 43.5 Å². The van der Waals surface area contributed by atoms with Gasteiger partial charge in [-0.2, -0.15) is 0 Å². The zero-order valence-electron chi connectivity index (χ0n) is 12.8. The van der Waals surface area contributed by atoms with E-state index in [9.17, 15) is 4.79 Å². The lowest BCUT2D eigenvalue weighted by atomic mass is 10.3. The number of carbonyl (C=O) groups excluding carboxylic acids is 1. The molecule has 0 spiro atoms. The molecule has 2 aromatic rings. The van der Waals surface area contributed by atoms with Crippen molar-refractivity contribution in [2.24, 2.45) is 0 Å². The van der Waals surface area contributed by atoms with Crippen LogP contribution in [0.15, 0.2) is 53.4 Å². The molecule has 4 nitrogen and oxygen atoms in total. The van der Waals surface area contributed by atoms with E-state index in [1.807, 2.05) is 42.7 Å². The van der Waals surface area contributed by atoms with Gasteiger partial charge in [0.1, 0.15) is 11.5 Å². The molecule has 0 aliphatic rings. The number of methoxy groups -OCH3 is 1. The second-order valence-corrected chi connectivity index (χ2v) is 5.54. The van der Waals surface area contributed by atoms with E-state index in [2.05, 4.69) is 5.32 Å². The van der Waals surface area contributed by atoms with Gasteiger partial charge in [0.05, 0.1) is 7.11 Å². The van der Waals surface area contributed by atoms with Gasteiger partial charge in [-0.1, -0.05) is 12.1 Å². The largest absolute Gasteiger partial charge is 0.497 e. The van der Waals surface area contributed by atoms with E-state index in [1.165, 1.54) is 0 Å². The summed E-state index contributed by atoms with van der Waals surface area (Å²) in [4.78, 5) is 13.3. The predicted molar refractivity (Wildman–Crippen MR) is 89.9 cm³/mol. The SMILES string of the molecule is COc1cccc(OC(C)C(=O)Nc2cccc(SC)c2)c1. The average molecular weight is 317 g/mol. The molecule has 116 valence electrons. The predicted octanol–water partition coefficient (Wildman–Crippen LogP) is 3.82. The zero-order chi connectivity index (χ0) is 15.9. The van der Waals surface area contributed by atoms with Gasteiger partial charge in [0, 0.05) is 16.6 Å². The van der Waals surface area contributed by atoms with E-state index in [0.717, 1.165) is 10.6 Å². The smallest absolute Gasteiger partial charge is 0.265 e. The molecule has 0 aromatic heterocycles. The van der Waals surface area contributed by atoms with Crippen molar-refractivity contribution in [2.75, 3.05) is 18.7 Å². The molecule has 0 saturated carbocycles. The van der Waals surface area contributed by atoms with Crippen molar-refractivity contribution >= 4 is 23.4 Å².